The van der Waals surface area contributed by atoms with E-state index < -0.39 is 0 Å². The van der Waals surface area contributed by atoms with Gasteiger partial charge in [-0.15, -0.1) is 0 Å². The number of carbonyl (C=O) groups is 2. The predicted octanol–water partition coefficient (Wildman–Crippen LogP) is 3.23. The maximum Gasteiger partial charge on any atom is 0.224 e. The largest absolute Gasteiger partial charge is 0.349 e. The van der Waals surface area contributed by atoms with Crippen molar-refractivity contribution in [3.8, 4) is 0 Å². The molecule has 22 heavy (non-hydrogen) atoms. The lowest BCUT2D eigenvalue weighted by Crippen LogP contribution is -2.21. The van der Waals surface area contributed by atoms with Crippen LogP contribution >= 0.6 is 0 Å². The van der Waals surface area contributed by atoms with Crippen molar-refractivity contribution < 1.29 is 9.59 Å². The van der Waals surface area contributed by atoms with Gasteiger partial charge in [0.05, 0.1) is 0 Å². The van der Waals surface area contributed by atoms with Gasteiger partial charge in [-0.05, 0) is 42.9 Å². The quantitative estimate of drug-likeness (QED) is 0.877. The summed E-state index contributed by atoms with van der Waals surface area (Å²) < 4.78 is 0. The summed E-state index contributed by atoms with van der Waals surface area (Å²) in [7, 11) is 3.53. The zero-order valence-corrected chi connectivity index (χ0v) is 13.6. The molecular weight excluding hydrogens is 276 g/mol. The SMILES string of the molecule is CN(C)C(=O)CCc1cccc(NC(=O)CC2CCCC2)c1. The number of aryl methyl sites for hydroxylation is 1. The number of rotatable bonds is 6. The van der Waals surface area contributed by atoms with Gasteiger partial charge in [-0.2, -0.15) is 0 Å². The zero-order valence-electron chi connectivity index (χ0n) is 13.6. The molecule has 2 amide bonds. The standard InChI is InChI=1S/C18H26N2O2/c1-20(2)18(22)11-10-15-8-5-9-16(12-15)19-17(21)13-14-6-3-4-7-14/h5,8-9,12,14H,3-4,6-7,10-11,13H2,1-2H3,(H,19,21). The summed E-state index contributed by atoms with van der Waals surface area (Å²) in [6.07, 6.45) is 6.69. The Morgan fingerprint density at radius 1 is 1.23 bits per heavy atom. The van der Waals surface area contributed by atoms with E-state index in [2.05, 4.69) is 5.32 Å². The van der Waals surface area contributed by atoms with Crippen LogP contribution < -0.4 is 5.32 Å². The average Bonchev–Trinajstić information content (AvgIpc) is 2.97. The second-order valence-corrected chi connectivity index (χ2v) is 6.39. The van der Waals surface area contributed by atoms with Crippen molar-refractivity contribution in [2.24, 2.45) is 5.92 Å². The van der Waals surface area contributed by atoms with Crippen molar-refractivity contribution in [2.45, 2.75) is 44.9 Å². The number of carbonyl (C=O) groups excluding carboxylic acids is 2. The number of nitrogens with one attached hydrogen (secondary N) is 1. The van der Waals surface area contributed by atoms with Crippen molar-refractivity contribution in [3.63, 3.8) is 0 Å². The molecule has 0 heterocycles. The minimum absolute atomic E-state index is 0.105. The molecule has 2 rings (SSSR count). The van der Waals surface area contributed by atoms with Gasteiger partial charge in [-0.25, -0.2) is 0 Å². The lowest BCUT2D eigenvalue weighted by molar-refractivity contribution is -0.128. The van der Waals surface area contributed by atoms with Gasteiger partial charge in [-0.1, -0.05) is 25.0 Å². The van der Waals surface area contributed by atoms with Crippen LogP contribution in [0, 0.1) is 5.92 Å². The number of hydrogen-bond donors (Lipinski definition) is 1. The zero-order chi connectivity index (χ0) is 15.9. The van der Waals surface area contributed by atoms with E-state index in [1.807, 2.05) is 24.3 Å². The van der Waals surface area contributed by atoms with Gasteiger partial charge < -0.3 is 10.2 Å². The van der Waals surface area contributed by atoms with Crippen LogP contribution in [0.15, 0.2) is 24.3 Å². The topological polar surface area (TPSA) is 49.4 Å². The van der Waals surface area contributed by atoms with E-state index in [0.717, 1.165) is 11.3 Å². The molecule has 1 aromatic carbocycles. The van der Waals surface area contributed by atoms with Gasteiger partial charge in [0, 0.05) is 32.6 Å². The molecule has 1 aliphatic rings. The number of hydrogen-bond acceptors (Lipinski definition) is 2. The molecule has 1 N–H and O–H groups in total. The monoisotopic (exact) mass is 302 g/mol. The summed E-state index contributed by atoms with van der Waals surface area (Å²) in [6.45, 7) is 0. The first-order valence-corrected chi connectivity index (χ1v) is 8.13. The maximum atomic E-state index is 12.1. The normalized spacial score (nSPS) is 14.8. The number of nitrogens with zero attached hydrogens (tertiary/aromatic N) is 1. The Kier molecular flexibility index (Phi) is 5.99. The molecule has 0 unspecified atom stereocenters. The van der Waals surface area contributed by atoms with Crippen molar-refractivity contribution in [1.82, 2.24) is 4.90 Å². The molecule has 120 valence electrons. The molecule has 1 saturated carbocycles. The Hall–Kier alpha value is -1.84. The minimum Gasteiger partial charge on any atom is -0.349 e. The smallest absolute Gasteiger partial charge is 0.224 e. The molecule has 0 aromatic heterocycles. The first-order valence-electron chi connectivity index (χ1n) is 8.13. The molecule has 0 radical (unpaired) electrons. The Morgan fingerprint density at radius 2 is 1.95 bits per heavy atom. The highest BCUT2D eigenvalue weighted by Crippen LogP contribution is 2.27. The summed E-state index contributed by atoms with van der Waals surface area (Å²) in [5, 5.41) is 2.99. The lowest BCUT2D eigenvalue weighted by Gasteiger charge is -2.12. The van der Waals surface area contributed by atoms with Crippen LogP contribution in [0.5, 0.6) is 0 Å². The molecular formula is C18H26N2O2. The van der Waals surface area contributed by atoms with Crippen molar-refractivity contribution in [1.29, 1.82) is 0 Å². The molecule has 0 saturated heterocycles. The summed E-state index contributed by atoms with van der Waals surface area (Å²) in [6, 6.07) is 7.80. The number of anilines is 1. The number of amides is 2. The highest BCUT2D eigenvalue weighted by Gasteiger charge is 2.18. The third-order valence-corrected chi connectivity index (χ3v) is 4.29. The molecule has 4 nitrogen and oxygen atoms in total. The Morgan fingerprint density at radius 3 is 2.64 bits per heavy atom. The summed E-state index contributed by atoms with van der Waals surface area (Å²) >= 11 is 0. The molecule has 0 atom stereocenters. The van der Waals surface area contributed by atoms with Gasteiger partial charge in [-0.3, -0.25) is 9.59 Å². The van der Waals surface area contributed by atoms with E-state index in [1.54, 1.807) is 19.0 Å². The Balaban J connectivity index is 1.85. The first-order chi connectivity index (χ1) is 10.5. The summed E-state index contributed by atoms with van der Waals surface area (Å²) in [5.74, 6) is 0.782. The highest BCUT2D eigenvalue weighted by molar-refractivity contribution is 5.90. The fourth-order valence-electron chi connectivity index (χ4n) is 2.97. The first kappa shape index (κ1) is 16.5. The van der Waals surface area contributed by atoms with E-state index in [-0.39, 0.29) is 11.8 Å². The summed E-state index contributed by atoms with van der Waals surface area (Å²) in [4.78, 5) is 25.3. The highest BCUT2D eigenvalue weighted by atomic mass is 16.2. The number of benzene rings is 1. The van der Waals surface area contributed by atoms with Crippen LogP contribution in [0.3, 0.4) is 0 Å². The van der Waals surface area contributed by atoms with Crippen LogP contribution in [0.25, 0.3) is 0 Å². The molecule has 0 aliphatic heterocycles. The maximum absolute atomic E-state index is 12.1. The van der Waals surface area contributed by atoms with E-state index in [9.17, 15) is 9.59 Å². The lowest BCUT2D eigenvalue weighted by atomic mass is 10.0. The molecule has 1 fully saturated rings. The van der Waals surface area contributed by atoms with Gasteiger partial charge >= 0.3 is 0 Å². The van der Waals surface area contributed by atoms with Gasteiger partial charge in [0.15, 0.2) is 0 Å². The Bertz CT molecular complexity index is 520. The molecule has 1 aromatic rings. The van der Waals surface area contributed by atoms with E-state index in [0.29, 0.717) is 25.2 Å². The van der Waals surface area contributed by atoms with Gasteiger partial charge in [0.1, 0.15) is 0 Å². The molecule has 4 heteroatoms. The van der Waals surface area contributed by atoms with Crippen LogP contribution in [-0.4, -0.2) is 30.8 Å². The van der Waals surface area contributed by atoms with E-state index >= 15 is 0 Å². The van der Waals surface area contributed by atoms with E-state index in [1.165, 1.54) is 25.7 Å². The summed E-state index contributed by atoms with van der Waals surface area (Å²) in [5.41, 5.74) is 1.91. The second kappa shape index (κ2) is 7.97. The van der Waals surface area contributed by atoms with Crippen molar-refractivity contribution >= 4 is 17.5 Å². The third kappa shape index (κ3) is 5.17. The average molecular weight is 302 g/mol. The second-order valence-electron chi connectivity index (χ2n) is 6.39. The molecule has 0 bridgehead atoms. The fourth-order valence-corrected chi connectivity index (χ4v) is 2.97. The predicted molar refractivity (Wildman–Crippen MR) is 88.7 cm³/mol. The third-order valence-electron chi connectivity index (χ3n) is 4.29. The Labute approximate surface area is 132 Å². The van der Waals surface area contributed by atoms with Crippen LogP contribution in [-0.2, 0) is 16.0 Å². The molecule has 1 aliphatic carbocycles. The van der Waals surface area contributed by atoms with Crippen molar-refractivity contribution in [2.75, 3.05) is 19.4 Å². The molecule has 0 spiro atoms. The van der Waals surface area contributed by atoms with Gasteiger partial charge in [0.2, 0.25) is 11.8 Å². The van der Waals surface area contributed by atoms with Crippen molar-refractivity contribution in [3.05, 3.63) is 29.8 Å². The minimum atomic E-state index is 0.105. The van der Waals surface area contributed by atoms with E-state index in [4.69, 9.17) is 0 Å². The van der Waals surface area contributed by atoms with Crippen LogP contribution in [0.4, 0.5) is 5.69 Å². The van der Waals surface area contributed by atoms with Gasteiger partial charge in [0.25, 0.3) is 0 Å². The fraction of sp³-hybridized carbons (Fsp3) is 0.556. The van der Waals surface area contributed by atoms with Crippen LogP contribution in [0.2, 0.25) is 0 Å². The van der Waals surface area contributed by atoms with Crippen LogP contribution in [0.1, 0.15) is 44.1 Å².